The first kappa shape index (κ1) is 23.5. The number of carbonyl (C=O) groups is 1. The number of methoxy groups -OCH3 is 1. The van der Waals surface area contributed by atoms with Crippen LogP contribution in [0.4, 0.5) is 24.7 Å². The van der Waals surface area contributed by atoms with Gasteiger partial charge in [-0.15, -0.1) is 10.2 Å². The van der Waals surface area contributed by atoms with Crippen LogP contribution in [0, 0.1) is 19.8 Å². The Bertz CT molecular complexity index is 1170. The van der Waals surface area contributed by atoms with Crippen molar-refractivity contribution in [3.63, 3.8) is 0 Å². The minimum atomic E-state index is -4.51. The Hall–Kier alpha value is -3.63. The first-order chi connectivity index (χ1) is 16.2. The first-order valence-electron chi connectivity index (χ1n) is 10.8. The van der Waals surface area contributed by atoms with Crippen molar-refractivity contribution < 1.29 is 22.7 Å². The lowest BCUT2D eigenvalue weighted by molar-refractivity contribution is -0.137. The number of anilines is 2. The fraction of sp³-hybridized carbons (Fsp3) is 0.391. The Balaban J connectivity index is 1.38. The van der Waals surface area contributed by atoms with Crippen LogP contribution in [0.5, 0.6) is 5.75 Å². The molecule has 11 heteroatoms. The van der Waals surface area contributed by atoms with Crippen LogP contribution in [0.1, 0.15) is 29.8 Å². The largest absolute Gasteiger partial charge is 0.495 e. The number of hydrogen-bond donors (Lipinski definition) is 1. The van der Waals surface area contributed by atoms with Gasteiger partial charge in [0, 0.05) is 24.7 Å². The van der Waals surface area contributed by atoms with E-state index in [0.717, 1.165) is 23.5 Å². The van der Waals surface area contributed by atoms with Crippen LogP contribution in [0.2, 0.25) is 0 Å². The topological polar surface area (TPSA) is 85.2 Å². The predicted octanol–water partition coefficient (Wildman–Crippen LogP) is 4.16. The third-order valence-corrected chi connectivity index (χ3v) is 5.84. The standard InChI is InChI=1S/C23H25F3N6O2/c1-14-12-15(2)32(30-14)21-7-6-20(28-29-21)31-10-8-16(9-11-31)22(33)27-18-13-17(23(24,25)26)4-5-19(18)34-3/h4-7,12-13,16H,8-11H2,1-3H3,(H,27,33). The summed E-state index contributed by atoms with van der Waals surface area (Å²) in [6, 6.07) is 8.70. The van der Waals surface area contributed by atoms with E-state index in [1.807, 2.05) is 36.9 Å². The second kappa shape index (κ2) is 9.32. The van der Waals surface area contributed by atoms with Gasteiger partial charge in [0.1, 0.15) is 5.75 Å². The van der Waals surface area contributed by atoms with Gasteiger partial charge in [0.15, 0.2) is 11.6 Å². The van der Waals surface area contributed by atoms with Crippen LogP contribution < -0.4 is 15.0 Å². The van der Waals surface area contributed by atoms with E-state index in [9.17, 15) is 18.0 Å². The van der Waals surface area contributed by atoms with Crippen molar-refractivity contribution in [3.8, 4) is 11.6 Å². The molecule has 3 heterocycles. The smallest absolute Gasteiger partial charge is 0.416 e. The van der Waals surface area contributed by atoms with Crippen molar-refractivity contribution >= 4 is 17.4 Å². The minimum absolute atomic E-state index is 0.00959. The number of hydrogen-bond acceptors (Lipinski definition) is 6. The second-order valence-corrected chi connectivity index (χ2v) is 8.25. The number of carbonyl (C=O) groups excluding carboxylic acids is 1. The van der Waals surface area contributed by atoms with Crippen LogP contribution in [-0.2, 0) is 11.0 Å². The Morgan fingerprint density at radius 2 is 1.74 bits per heavy atom. The number of amides is 1. The highest BCUT2D eigenvalue weighted by molar-refractivity contribution is 5.94. The van der Waals surface area contributed by atoms with Crippen LogP contribution in [0.15, 0.2) is 36.4 Å². The number of nitrogens with zero attached hydrogens (tertiary/aromatic N) is 5. The van der Waals surface area contributed by atoms with Crippen molar-refractivity contribution in [2.45, 2.75) is 32.9 Å². The SMILES string of the molecule is COc1ccc(C(F)(F)F)cc1NC(=O)C1CCN(c2ccc(-n3nc(C)cc3C)nn2)CC1. The summed E-state index contributed by atoms with van der Waals surface area (Å²) >= 11 is 0. The number of piperidine rings is 1. The molecule has 1 fully saturated rings. The summed E-state index contributed by atoms with van der Waals surface area (Å²) in [5.41, 5.74) is 1.02. The number of alkyl halides is 3. The average molecular weight is 474 g/mol. The van der Waals surface area contributed by atoms with Gasteiger partial charge in [-0.1, -0.05) is 0 Å². The molecule has 1 aliphatic rings. The van der Waals surface area contributed by atoms with Crippen molar-refractivity contribution in [2.75, 3.05) is 30.4 Å². The Kier molecular flexibility index (Phi) is 6.45. The molecule has 0 radical (unpaired) electrons. The molecule has 2 aromatic heterocycles. The molecule has 0 aliphatic carbocycles. The maximum absolute atomic E-state index is 13.1. The van der Waals surface area contributed by atoms with Crippen LogP contribution >= 0.6 is 0 Å². The lowest BCUT2D eigenvalue weighted by atomic mass is 9.95. The van der Waals surface area contributed by atoms with Crippen LogP contribution in [0.3, 0.4) is 0 Å². The number of nitrogens with one attached hydrogen (secondary N) is 1. The first-order valence-corrected chi connectivity index (χ1v) is 10.8. The lowest BCUT2D eigenvalue weighted by Gasteiger charge is -2.32. The van der Waals surface area contributed by atoms with E-state index in [-0.39, 0.29) is 23.3 Å². The van der Waals surface area contributed by atoms with Gasteiger partial charge in [0.2, 0.25) is 5.91 Å². The quantitative estimate of drug-likeness (QED) is 0.598. The summed E-state index contributed by atoms with van der Waals surface area (Å²) in [4.78, 5) is 14.8. The molecule has 3 aromatic rings. The Morgan fingerprint density at radius 3 is 2.29 bits per heavy atom. The molecule has 0 bridgehead atoms. The van der Waals surface area contributed by atoms with Gasteiger partial charge in [-0.05, 0) is 63.1 Å². The number of halogens is 3. The van der Waals surface area contributed by atoms with E-state index in [1.165, 1.54) is 13.2 Å². The molecule has 180 valence electrons. The molecule has 0 spiro atoms. The third-order valence-electron chi connectivity index (χ3n) is 5.84. The zero-order valence-corrected chi connectivity index (χ0v) is 19.1. The lowest BCUT2D eigenvalue weighted by Crippen LogP contribution is -2.38. The van der Waals surface area contributed by atoms with Gasteiger partial charge >= 0.3 is 6.18 Å². The molecule has 1 aliphatic heterocycles. The van der Waals surface area contributed by atoms with E-state index in [0.29, 0.717) is 37.6 Å². The van der Waals surface area contributed by atoms with Crippen LogP contribution in [0.25, 0.3) is 5.82 Å². The molecule has 1 saturated heterocycles. The highest BCUT2D eigenvalue weighted by atomic mass is 19.4. The maximum Gasteiger partial charge on any atom is 0.416 e. The second-order valence-electron chi connectivity index (χ2n) is 8.25. The summed E-state index contributed by atoms with van der Waals surface area (Å²) in [6.07, 6.45) is -3.44. The summed E-state index contributed by atoms with van der Waals surface area (Å²) in [7, 11) is 1.35. The molecule has 0 atom stereocenters. The molecule has 0 saturated carbocycles. The van der Waals surface area contributed by atoms with E-state index in [1.54, 1.807) is 4.68 Å². The van der Waals surface area contributed by atoms with Crippen molar-refractivity contribution in [1.29, 1.82) is 0 Å². The van der Waals surface area contributed by atoms with Gasteiger partial charge in [-0.25, -0.2) is 4.68 Å². The molecule has 1 N–H and O–H groups in total. The molecule has 4 rings (SSSR count). The zero-order chi connectivity index (χ0) is 24.5. The monoisotopic (exact) mass is 474 g/mol. The molecule has 34 heavy (non-hydrogen) atoms. The molecule has 1 aromatic carbocycles. The number of aryl methyl sites for hydroxylation is 2. The molecule has 0 unspecified atom stereocenters. The number of benzene rings is 1. The van der Waals surface area contributed by atoms with E-state index in [4.69, 9.17) is 4.74 Å². The fourth-order valence-electron chi connectivity index (χ4n) is 4.05. The highest BCUT2D eigenvalue weighted by Crippen LogP contribution is 2.35. The normalized spacial score (nSPS) is 14.8. The van der Waals surface area contributed by atoms with Crippen molar-refractivity contribution in [3.05, 3.63) is 53.3 Å². The Labute approximate surface area is 194 Å². The number of aromatic nitrogens is 4. The molecule has 8 nitrogen and oxygen atoms in total. The van der Waals surface area contributed by atoms with Gasteiger partial charge in [-0.3, -0.25) is 4.79 Å². The molecular weight excluding hydrogens is 449 g/mol. The van der Waals surface area contributed by atoms with Crippen LogP contribution in [-0.4, -0.2) is 46.1 Å². The van der Waals surface area contributed by atoms with Gasteiger partial charge in [0.25, 0.3) is 0 Å². The minimum Gasteiger partial charge on any atom is -0.495 e. The van der Waals surface area contributed by atoms with E-state index >= 15 is 0 Å². The van der Waals surface area contributed by atoms with Gasteiger partial charge < -0.3 is 15.0 Å². The molecular formula is C23H25F3N6O2. The van der Waals surface area contributed by atoms with Gasteiger partial charge in [-0.2, -0.15) is 18.3 Å². The summed E-state index contributed by atoms with van der Waals surface area (Å²) in [6.45, 7) is 5.01. The highest BCUT2D eigenvalue weighted by Gasteiger charge is 2.32. The van der Waals surface area contributed by atoms with E-state index < -0.39 is 11.7 Å². The summed E-state index contributed by atoms with van der Waals surface area (Å²) < 4.78 is 46.0. The predicted molar refractivity (Wildman–Crippen MR) is 120 cm³/mol. The van der Waals surface area contributed by atoms with Gasteiger partial charge in [0.05, 0.1) is 24.1 Å². The maximum atomic E-state index is 13.1. The summed E-state index contributed by atoms with van der Waals surface area (Å²) in [5.74, 6) is 0.833. The third kappa shape index (κ3) is 4.97. The van der Waals surface area contributed by atoms with E-state index in [2.05, 4.69) is 20.6 Å². The zero-order valence-electron chi connectivity index (χ0n) is 19.1. The fourth-order valence-corrected chi connectivity index (χ4v) is 4.05. The summed E-state index contributed by atoms with van der Waals surface area (Å²) in [5, 5.41) is 15.6. The number of ether oxygens (including phenoxy) is 1. The van der Waals surface area contributed by atoms with Crippen molar-refractivity contribution in [2.24, 2.45) is 5.92 Å². The Morgan fingerprint density at radius 1 is 1.06 bits per heavy atom. The number of rotatable bonds is 5. The average Bonchev–Trinajstić information content (AvgIpc) is 3.16. The van der Waals surface area contributed by atoms with Crippen molar-refractivity contribution in [1.82, 2.24) is 20.0 Å². The molecule has 1 amide bonds.